The molecule has 0 unspecified atom stereocenters. The Hall–Kier alpha value is -2.29. The highest BCUT2D eigenvalue weighted by Crippen LogP contribution is 2.35. The van der Waals surface area contributed by atoms with Crippen LogP contribution >= 0.6 is 0 Å². The summed E-state index contributed by atoms with van der Waals surface area (Å²) in [7, 11) is -3.84. The van der Waals surface area contributed by atoms with Crippen LogP contribution in [-0.2, 0) is 21.2 Å². The molecule has 6 nitrogen and oxygen atoms in total. The third-order valence-electron chi connectivity index (χ3n) is 4.84. The van der Waals surface area contributed by atoms with E-state index in [1.165, 1.54) is 24.3 Å². The highest BCUT2D eigenvalue weighted by atomic mass is 32.2. The minimum absolute atomic E-state index is 0.0184. The first-order valence-electron chi connectivity index (χ1n) is 8.69. The highest BCUT2D eigenvalue weighted by molar-refractivity contribution is 7.89. The van der Waals surface area contributed by atoms with Crippen LogP contribution in [0, 0.1) is 11.7 Å². The van der Waals surface area contributed by atoms with Crippen LogP contribution in [0.2, 0.25) is 0 Å². The lowest BCUT2D eigenvalue weighted by Crippen LogP contribution is -2.36. The van der Waals surface area contributed by atoms with Crippen molar-refractivity contribution in [3.8, 4) is 0 Å². The predicted octanol–water partition coefficient (Wildman–Crippen LogP) is 2.32. The fourth-order valence-corrected chi connectivity index (χ4v) is 4.00. The van der Waals surface area contributed by atoms with Crippen molar-refractivity contribution in [3.05, 3.63) is 59.4 Å². The number of amides is 1. The van der Waals surface area contributed by atoms with Crippen molar-refractivity contribution >= 4 is 21.6 Å². The summed E-state index contributed by atoms with van der Waals surface area (Å²) in [5.74, 6) is -0.273. The van der Waals surface area contributed by atoms with E-state index >= 15 is 0 Å². The first-order valence-corrected chi connectivity index (χ1v) is 10.2. The molecule has 0 aromatic heterocycles. The molecule has 0 aliphatic heterocycles. The number of hydrogen-bond donors (Lipinski definition) is 3. The number of carbonyl (C=O) groups is 1. The second-order valence-corrected chi connectivity index (χ2v) is 8.36. The maximum atomic E-state index is 14.0. The zero-order chi connectivity index (χ0) is 19.6. The Morgan fingerprint density at radius 1 is 1.26 bits per heavy atom. The quantitative estimate of drug-likeness (QED) is 0.728. The number of sulfonamides is 1. The molecule has 2 atom stereocenters. The summed E-state index contributed by atoms with van der Waals surface area (Å²) < 4.78 is 36.8. The van der Waals surface area contributed by atoms with Crippen molar-refractivity contribution in [1.82, 2.24) is 5.32 Å². The molecule has 0 saturated heterocycles. The van der Waals surface area contributed by atoms with Crippen molar-refractivity contribution in [2.24, 2.45) is 11.1 Å². The van der Waals surface area contributed by atoms with Gasteiger partial charge in [0.1, 0.15) is 5.82 Å². The third-order valence-corrected chi connectivity index (χ3v) is 5.75. The van der Waals surface area contributed by atoms with Crippen LogP contribution in [0.3, 0.4) is 0 Å². The topological polar surface area (TPSA) is 101 Å². The Balaban J connectivity index is 1.67. The number of hydrogen-bond acceptors (Lipinski definition) is 4. The lowest BCUT2D eigenvalue weighted by atomic mass is 9.80. The highest BCUT2D eigenvalue weighted by Gasteiger charge is 2.28. The summed E-state index contributed by atoms with van der Waals surface area (Å²) in [5.41, 5.74) is 1.93. The fraction of sp³-hybridized carbons (Fsp3) is 0.316. The molecular weight excluding hydrogens is 369 g/mol. The van der Waals surface area contributed by atoms with Gasteiger partial charge in [-0.15, -0.1) is 0 Å². The second kappa shape index (κ2) is 7.75. The molecule has 4 N–H and O–H groups in total. The smallest absolute Gasteiger partial charge is 0.238 e. The number of carbonyl (C=O) groups excluding carboxylic acids is 1. The molecule has 0 spiro atoms. The van der Waals surface area contributed by atoms with Gasteiger partial charge in [-0.1, -0.05) is 25.1 Å². The number of anilines is 1. The van der Waals surface area contributed by atoms with E-state index in [9.17, 15) is 17.6 Å². The zero-order valence-electron chi connectivity index (χ0n) is 14.9. The molecule has 2 aromatic rings. The summed E-state index contributed by atoms with van der Waals surface area (Å²) in [6, 6.07) is 10.7. The van der Waals surface area contributed by atoms with E-state index in [1.807, 2.05) is 6.07 Å². The number of rotatable bonds is 5. The number of fused-ring (bicyclic) bond motifs is 1. The molecule has 0 bridgehead atoms. The number of nitrogens with one attached hydrogen (secondary N) is 2. The molecule has 2 aromatic carbocycles. The van der Waals surface area contributed by atoms with Crippen LogP contribution < -0.4 is 15.8 Å². The average molecular weight is 391 g/mol. The first-order chi connectivity index (χ1) is 12.8. The van der Waals surface area contributed by atoms with Gasteiger partial charge in [-0.05, 0) is 54.2 Å². The molecule has 27 heavy (non-hydrogen) atoms. The van der Waals surface area contributed by atoms with Crippen molar-refractivity contribution in [2.45, 2.75) is 30.7 Å². The minimum Gasteiger partial charge on any atom is -0.325 e. The van der Waals surface area contributed by atoms with Crippen molar-refractivity contribution < 1.29 is 17.6 Å². The van der Waals surface area contributed by atoms with Gasteiger partial charge in [0, 0.05) is 11.7 Å². The van der Waals surface area contributed by atoms with Crippen LogP contribution in [0.5, 0.6) is 0 Å². The van der Waals surface area contributed by atoms with E-state index in [1.54, 1.807) is 12.1 Å². The monoisotopic (exact) mass is 391 g/mol. The molecule has 3 rings (SSSR count). The normalized spacial score (nSPS) is 19.4. The maximum absolute atomic E-state index is 14.0. The molecule has 0 radical (unpaired) electrons. The van der Waals surface area contributed by atoms with E-state index in [2.05, 4.69) is 17.6 Å². The van der Waals surface area contributed by atoms with Crippen LogP contribution in [0.15, 0.2) is 47.4 Å². The molecule has 1 aliphatic rings. The van der Waals surface area contributed by atoms with E-state index in [0.717, 1.165) is 12.0 Å². The lowest BCUT2D eigenvalue weighted by molar-refractivity contribution is -0.115. The number of primary sulfonamides is 1. The minimum atomic E-state index is -3.84. The Kier molecular flexibility index (Phi) is 5.59. The zero-order valence-corrected chi connectivity index (χ0v) is 15.7. The maximum Gasteiger partial charge on any atom is 0.238 e. The van der Waals surface area contributed by atoms with E-state index < -0.39 is 10.0 Å². The summed E-state index contributed by atoms with van der Waals surface area (Å²) in [6.07, 6.45) is 1.53. The second-order valence-electron chi connectivity index (χ2n) is 6.80. The Bertz CT molecular complexity index is 962. The van der Waals surface area contributed by atoms with Gasteiger partial charge < -0.3 is 10.6 Å². The summed E-state index contributed by atoms with van der Waals surface area (Å²) >= 11 is 0. The molecule has 8 heteroatoms. The van der Waals surface area contributed by atoms with Gasteiger partial charge in [-0.3, -0.25) is 4.79 Å². The van der Waals surface area contributed by atoms with E-state index in [0.29, 0.717) is 17.7 Å². The summed E-state index contributed by atoms with van der Waals surface area (Å²) in [4.78, 5) is 12.2. The Morgan fingerprint density at radius 3 is 2.74 bits per heavy atom. The van der Waals surface area contributed by atoms with Gasteiger partial charge in [0.15, 0.2) is 0 Å². The van der Waals surface area contributed by atoms with Gasteiger partial charge >= 0.3 is 0 Å². The molecule has 1 aliphatic carbocycles. The Labute approximate surface area is 158 Å². The van der Waals surface area contributed by atoms with Crippen molar-refractivity contribution in [3.63, 3.8) is 0 Å². The predicted molar refractivity (Wildman–Crippen MR) is 101 cm³/mol. The number of benzene rings is 2. The van der Waals surface area contributed by atoms with Crippen LogP contribution in [-0.4, -0.2) is 20.9 Å². The van der Waals surface area contributed by atoms with Crippen LogP contribution in [0.1, 0.15) is 30.5 Å². The largest absolute Gasteiger partial charge is 0.325 e. The third kappa shape index (κ3) is 4.52. The lowest BCUT2D eigenvalue weighted by Gasteiger charge is -2.32. The molecule has 1 amide bonds. The molecular formula is C19H22FN3O3S. The van der Waals surface area contributed by atoms with Crippen molar-refractivity contribution in [2.75, 3.05) is 11.9 Å². The standard InChI is InChI=1S/C19H22FN3O3S/c1-12-8-9-15-16(6-3-7-17(15)20)19(12)22-11-18(24)23-13-4-2-5-14(10-13)27(21,25)26/h2-7,10,12,19,22H,8-9,11H2,1H3,(H,23,24)(H2,21,25,26)/t12-,19+/m0/s1. The van der Waals surface area contributed by atoms with Crippen LogP contribution in [0.25, 0.3) is 0 Å². The number of halogens is 1. The van der Waals surface area contributed by atoms with Gasteiger partial charge in [-0.25, -0.2) is 17.9 Å². The van der Waals surface area contributed by atoms with Crippen LogP contribution in [0.4, 0.5) is 10.1 Å². The average Bonchev–Trinajstić information content (AvgIpc) is 2.60. The van der Waals surface area contributed by atoms with Gasteiger partial charge in [-0.2, -0.15) is 0 Å². The van der Waals surface area contributed by atoms with E-state index in [-0.39, 0.29) is 35.1 Å². The van der Waals surface area contributed by atoms with Gasteiger partial charge in [0.05, 0.1) is 11.4 Å². The summed E-state index contributed by atoms with van der Waals surface area (Å²) in [6.45, 7) is 2.09. The molecule has 0 saturated carbocycles. The SMILES string of the molecule is C[C@H]1CCc2c(F)cccc2[C@@H]1NCC(=O)Nc1cccc(S(N)(=O)=O)c1. The van der Waals surface area contributed by atoms with Gasteiger partial charge in [0.25, 0.3) is 0 Å². The number of nitrogens with two attached hydrogens (primary N) is 1. The first kappa shape index (κ1) is 19.5. The van der Waals surface area contributed by atoms with Gasteiger partial charge in [0.2, 0.25) is 15.9 Å². The van der Waals surface area contributed by atoms with Crippen molar-refractivity contribution in [1.29, 1.82) is 0 Å². The fourth-order valence-electron chi connectivity index (χ4n) is 3.45. The summed E-state index contributed by atoms with van der Waals surface area (Å²) in [5, 5.41) is 10.9. The molecule has 0 heterocycles. The Morgan fingerprint density at radius 2 is 2.00 bits per heavy atom. The molecule has 144 valence electrons. The van der Waals surface area contributed by atoms with E-state index in [4.69, 9.17) is 5.14 Å². The molecule has 0 fully saturated rings.